The molecule has 7 heteroatoms. The minimum atomic E-state index is -4.40. The van der Waals surface area contributed by atoms with Crippen LogP contribution >= 0.6 is 0 Å². The van der Waals surface area contributed by atoms with Gasteiger partial charge in [-0.3, -0.25) is 9.78 Å². The zero-order chi connectivity index (χ0) is 21.7. The standard InChI is InChI=1S/C23H26F3NO3/c1-3-29-14-20(22(28)30-4-2)16-7-5-15(6-8-16)18-11-12-27-21-10-9-17(13-19(18)21)23(24,25)26/h5,9-13,16,20H,3-4,6-8,14H2,1-2H3. The molecule has 4 nitrogen and oxygen atoms in total. The molecule has 2 atom stereocenters. The quantitative estimate of drug-likeness (QED) is 0.542. The normalized spacial score (nSPS) is 18.2. The lowest BCUT2D eigenvalue weighted by Gasteiger charge is -2.28. The average molecular weight is 421 g/mol. The predicted octanol–water partition coefficient (Wildman–Crippen LogP) is 5.65. The van der Waals surface area contributed by atoms with Crippen LogP contribution in [-0.2, 0) is 20.4 Å². The van der Waals surface area contributed by atoms with E-state index in [0.29, 0.717) is 43.6 Å². The third-order valence-electron chi connectivity index (χ3n) is 5.53. The number of nitrogens with zero attached hydrogens (tertiary/aromatic N) is 1. The van der Waals surface area contributed by atoms with Crippen molar-refractivity contribution in [3.63, 3.8) is 0 Å². The van der Waals surface area contributed by atoms with Crippen LogP contribution in [0.3, 0.4) is 0 Å². The molecule has 30 heavy (non-hydrogen) atoms. The Bertz CT molecular complexity index is 924. The maximum absolute atomic E-state index is 13.2. The number of esters is 1. The number of benzene rings is 1. The lowest BCUT2D eigenvalue weighted by Crippen LogP contribution is -2.31. The molecule has 0 fully saturated rings. The van der Waals surface area contributed by atoms with E-state index in [4.69, 9.17) is 9.47 Å². The molecule has 1 heterocycles. The lowest BCUT2D eigenvalue weighted by molar-refractivity contribution is -0.152. The molecule has 2 aromatic rings. The molecule has 0 radical (unpaired) electrons. The van der Waals surface area contributed by atoms with Crippen LogP contribution in [0.2, 0.25) is 0 Å². The van der Waals surface area contributed by atoms with Crippen LogP contribution in [-0.4, -0.2) is 30.8 Å². The van der Waals surface area contributed by atoms with Gasteiger partial charge in [-0.25, -0.2) is 0 Å². The van der Waals surface area contributed by atoms with Gasteiger partial charge in [0.05, 0.1) is 30.2 Å². The molecule has 162 valence electrons. The van der Waals surface area contributed by atoms with E-state index in [2.05, 4.69) is 4.98 Å². The van der Waals surface area contributed by atoms with Gasteiger partial charge >= 0.3 is 12.1 Å². The maximum atomic E-state index is 13.2. The number of halogens is 3. The van der Waals surface area contributed by atoms with E-state index < -0.39 is 11.7 Å². The maximum Gasteiger partial charge on any atom is 0.416 e. The molecule has 0 saturated carbocycles. The van der Waals surface area contributed by atoms with Gasteiger partial charge in [-0.05, 0) is 74.4 Å². The van der Waals surface area contributed by atoms with Gasteiger partial charge in [0.1, 0.15) is 0 Å². The summed E-state index contributed by atoms with van der Waals surface area (Å²) in [4.78, 5) is 16.6. The topological polar surface area (TPSA) is 48.4 Å². The first-order chi connectivity index (χ1) is 14.3. The first-order valence-electron chi connectivity index (χ1n) is 10.2. The molecule has 0 N–H and O–H groups in total. The van der Waals surface area contributed by atoms with Crippen molar-refractivity contribution < 1.29 is 27.4 Å². The summed E-state index contributed by atoms with van der Waals surface area (Å²) >= 11 is 0. The van der Waals surface area contributed by atoms with Gasteiger partial charge in [-0.15, -0.1) is 0 Å². The number of carbonyl (C=O) groups is 1. The van der Waals surface area contributed by atoms with Gasteiger partial charge in [-0.1, -0.05) is 6.08 Å². The molecule has 0 amide bonds. The summed E-state index contributed by atoms with van der Waals surface area (Å²) in [7, 11) is 0. The lowest BCUT2D eigenvalue weighted by atomic mass is 9.79. The molecule has 1 aromatic heterocycles. The Morgan fingerprint density at radius 3 is 2.67 bits per heavy atom. The van der Waals surface area contributed by atoms with Gasteiger partial charge < -0.3 is 9.47 Å². The Hall–Kier alpha value is -2.41. The first kappa shape index (κ1) is 22.3. The van der Waals surface area contributed by atoms with Crippen LogP contribution in [0.25, 0.3) is 16.5 Å². The Kier molecular flexibility index (Phi) is 7.13. The zero-order valence-electron chi connectivity index (χ0n) is 17.2. The summed E-state index contributed by atoms with van der Waals surface area (Å²) in [6.07, 6.45) is 1.30. The summed E-state index contributed by atoms with van der Waals surface area (Å²) in [6, 6.07) is 5.40. The molecule has 0 saturated heterocycles. The highest BCUT2D eigenvalue weighted by Crippen LogP contribution is 2.38. The molecular weight excluding hydrogens is 395 g/mol. The number of fused-ring (bicyclic) bond motifs is 1. The van der Waals surface area contributed by atoms with Crippen molar-refractivity contribution in [2.24, 2.45) is 11.8 Å². The van der Waals surface area contributed by atoms with Gasteiger partial charge in [0, 0.05) is 18.2 Å². The van der Waals surface area contributed by atoms with Crippen molar-refractivity contribution in [2.45, 2.75) is 39.3 Å². The van der Waals surface area contributed by atoms with E-state index in [9.17, 15) is 18.0 Å². The van der Waals surface area contributed by atoms with Gasteiger partial charge in [0.15, 0.2) is 0 Å². The first-order valence-corrected chi connectivity index (χ1v) is 10.2. The number of hydrogen-bond donors (Lipinski definition) is 0. The number of ether oxygens (including phenoxy) is 2. The highest BCUT2D eigenvalue weighted by molar-refractivity contribution is 5.92. The number of alkyl halides is 3. The molecule has 3 rings (SSSR count). The zero-order valence-corrected chi connectivity index (χ0v) is 17.2. The summed E-state index contributed by atoms with van der Waals surface area (Å²) in [5.41, 5.74) is 1.60. The van der Waals surface area contributed by atoms with Crippen LogP contribution in [0.4, 0.5) is 13.2 Å². The van der Waals surface area contributed by atoms with E-state index in [0.717, 1.165) is 23.6 Å². The van der Waals surface area contributed by atoms with Gasteiger partial charge in [0.2, 0.25) is 0 Å². The number of pyridine rings is 1. The highest BCUT2D eigenvalue weighted by atomic mass is 19.4. The Morgan fingerprint density at radius 1 is 1.23 bits per heavy atom. The number of rotatable bonds is 7. The van der Waals surface area contributed by atoms with Gasteiger partial charge in [-0.2, -0.15) is 13.2 Å². The fourth-order valence-corrected chi connectivity index (χ4v) is 3.96. The number of carbonyl (C=O) groups excluding carboxylic acids is 1. The van der Waals surface area contributed by atoms with Crippen LogP contribution < -0.4 is 0 Å². The molecule has 0 aliphatic heterocycles. The van der Waals surface area contributed by atoms with Crippen molar-refractivity contribution >= 4 is 22.4 Å². The Balaban J connectivity index is 1.87. The molecule has 1 aliphatic rings. The molecular formula is C23H26F3NO3. The fourth-order valence-electron chi connectivity index (χ4n) is 3.96. The molecule has 1 aromatic carbocycles. The second kappa shape index (κ2) is 9.60. The third-order valence-corrected chi connectivity index (χ3v) is 5.53. The Labute approximate surface area is 174 Å². The van der Waals surface area contributed by atoms with Crippen molar-refractivity contribution in [1.29, 1.82) is 0 Å². The van der Waals surface area contributed by atoms with Crippen LogP contribution in [0, 0.1) is 11.8 Å². The SMILES string of the molecule is CCOCC(C(=O)OCC)C1CC=C(c2ccnc3ccc(C(F)(F)F)cc23)CC1. The van der Waals surface area contributed by atoms with Crippen molar-refractivity contribution in [2.75, 3.05) is 19.8 Å². The van der Waals surface area contributed by atoms with Crippen molar-refractivity contribution in [3.05, 3.63) is 47.7 Å². The number of hydrogen-bond acceptors (Lipinski definition) is 4. The summed E-state index contributed by atoms with van der Waals surface area (Å²) in [5, 5.41) is 0.494. The molecule has 0 bridgehead atoms. The summed E-state index contributed by atoms with van der Waals surface area (Å²) < 4.78 is 50.2. The summed E-state index contributed by atoms with van der Waals surface area (Å²) in [6.45, 7) is 4.81. The number of aromatic nitrogens is 1. The monoisotopic (exact) mass is 421 g/mol. The van der Waals surface area contributed by atoms with Gasteiger partial charge in [0.25, 0.3) is 0 Å². The van der Waals surface area contributed by atoms with Crippen LogP contribution in [0.5, 0.6) is 0 Å². The second-order valence-corrected chi connectivity index (χ2v) is 7.37. The smallest absolute Gasteiger partial charge is 0.416 e. The molecule has 0 spiro atoms. The molecule has 1 aliphatic carbocycles. The van der Waals surface area contributed by atoms with E-state index in [1.54, 1.807) is 19.2 Å². The third kappa shape index (κ3) is 5.01. The number of allylic oxidation sites excluding steroid dienone is 2. The second-order valence-electron chi connectivity index (χ2n) is 7.37. The minimum absolute atomic E-state index is 0.0817. The van der Waals surface area contributed by atoms with Crippen LogP contribution in [0.1, 0.15) is 44.2 Å². The molecule has 2 unspecified atom stereocenters. The average Bonchev–Trinajstić information content (AvgIpc) is 2.73. The van der Waals surface area contributed by atoms with E-state index in [1.807, 2.05) is 13.0 Å². The van der Waals surface area contributed by atoms with Crippen molar-refractivity contribution in [1.82, 2.24) is 4.98 Å². The van der Waals surface area contributed by atoms with Crippen LogP contribution in [0.15, 0.2) is 36.5 Å². The summed E-state index contributed by atoms with van der Waals surface area (Å²) in [5.74, 6) is -0.510. The highest BCUT2D eigenvalue weighted by Gasteiger charge is 2.32. The Morgan fingerprint density at radius 2 is 2.03 bits per heavy atom. The largest absolute Gasteiger partial charge is 0.466 e. The van der Waals surface area contributed by atoms with E-state index >= 15 is 0 Å². The van der Waals surface area contributed by atoms with E-state index in [-0.39, 0.29) is 17.8 Å². The fraction of sp³-hybridized carbons (Fsp3) is 0.478. The van der Waals surface area contributed by atoms with E-state index in [1.165, 1.54) is 12.1 Å². The minimum Gasteiger partial charge on any atom is -0.466 e. The predicted molar refractivity (Wildman–Crippen MR) is 109 cm³/mol. The van der Waals surface area contributed by atoms with Crippen molar-refractivity contribution in [3.8, 4) is 0 Å².